The Morgan fingerprint density at radius 2 is 1.76 bits per heavy atom. The summed E-state index contributed by atoms with van der Waals surface area (Å²) >= 11 is 0. The quantitative estimate of drug-likeness (QED) is 0.876. The molecule has 2 aromatic carbocycles. The van der Waals surface area contributed by atoms with Crippen molar-refractivity contribution in [1.29, 1.82) is 0 Å². The summed E-state index contributed by atoms with van der Waals surface area (Å²) in [4.78, 5) is 24.1. The lowest BCUT2D eigenvalue weighted by Gasteiger charge is -2.20. The van der Waals surface area contributed by atoms with Crippen molar-refractivity contribution >= 4 is 18.1 Å². The van der Waals surface area contributed by atoms with Crippen LogP contribution >= 0.6 is 0 Å². The Morgan fingerprint density at radius 1 is 1.10 bits per heavy atom. The van der Waals surface area contributed by atoms with Crippen molar-refractivity contribution in [2.75, 3.05) is 19.0 Å². The van der Waals surface area contributed by atoms with Crippen LogP contribution in [0.1, 0.15) is 10.4 Å². The van der Waals surface area contributed by atoms with E-state index in [0.717, 1.165) is 17.5 Å². The van der Waals surface area contributed by atoms with E-state index >= 15 is 0 Å². The zero-order chi connectivity index (χ0) is 15.4. The molecule has 5 heteroatoms. The zero-order valence-corrected chi connectivity index (χ0v) is 11.9. The van der Waals surface area contributed by atoms with E-state index in [1.54, 1.807) is 24.3 Å². The van der Waals surface area contributed by atoms with Crippen LogP contribution in [0.15, 0.2) is 42.5 Å². The smallest absolute Gasteiger partial charge is 0.409 e. The molecule has 0 aliphatic rings. The highest BCUT2D eigenvalue weighted by Gasteiger charge is 2.15. The number of ether oxygens (including phenoxy) is 1. The van der Waals surface area contributed by atoms with E-state index in [1.807, 2.05) is 37.2 Å². The standard InChI is InChI=1S/C16H16N2O3/c1-18(2)15-11(10-19)6-5-8-13(15)12-7-3-4-9-14(12)21-16(17)20/h3-10H,1-2H3,(H2,17,20). The van der Waals surface area contributed by atoms with Crippen LogP contribution < -0.4 is 15.4 Å². The molecule has 21 heavy (non-hydrogen) atoms. The second kappa shape index (κ2) is 6.09. The minimum Gasteiger partial charge on any atom is -0.410 e. The minimum atomic E-state index is -0.875. The molecule has 0 atom stereocenters. The van der Waals surface area contributed by atoms with Crippen molar-refractivity contribution in [2.24, 2.45) is 5.73 Å². The molecule has 0 fully saturated rings. The predicted molar refractivity (Wildman–Crippen MR) is 81.8 cm³/mol. The molecule has 0 heterocycles. The summed E-state index contributed by atoms with van der Waals surface area (Å²) in [5.41, 5.74) is 7.91. The molecule has 0 spiro atoms. The van der Waals surface area contributed by atoms with Crippen molar-refractivity contribution in [1.82, 2.24) is 0 Å². The van der Waals surface area contributed by atoms with Gasteiger partial charge in [-0.2, -0.15) is 0 Å². The summed E-state index contributed by atoms with van der Waals surface area (Å²) in [6.45, 7) is 0. The highest BCUT2D eigenvalue weighted by Crippen LogP contribution is 2.37. The lowest BCUT2D eigenvalue weighted by molar-refractivity contribution is 0.112. The summed E-state index contributed by atoms with van der Waals surface area (Å²) in [6.07, 6.45) is -0.0727. The Hall–Kier alpha value is -2.82. The minimum absolute atomic E-state index is 0.358. The molecule has 0 aliphatic carbocycles. The molecular formula is C16H16N2O3. The van der Waals surface area contributed by atoms with E-state index in [4.69, 9.17) is 10.5 Å². The van der Waals surface area contributed by atoms with Gasteiger partial charge in [0.25, 0.3) is 0 Å². The molecule has 2 N–H and O–H groups in total. The fourth-order valence-electron chi connectivity index (χ4n) is 2.26. The second-order valence-corrected chi connectivity index (χ2v) is 4.67. The molecule has 0 radical (unpaired) electrons. The number of anilines is 1. The summed E-state index contributed by atoms with van der Waals surface area (Å²) in [5.74, 6) is 0.358. The first-order valence-corrected chi connectivity index (χ1v) is 6.36. The van der Waals surface area contributed by atoms with Gasteiger partial charge in [-0.05, 0) is 12.1 Å². The molecule has 5 nitrogen and oxygen atoms in total. The third kappa shape index (κ3) is 3.02. The molecule has 108 valence electrons. The van der Waals surface area contributed by atoms with Gasteiger partial charge in [0.2, 0.25) is 0 Å². The van der Waals surface area contributed by atoms with Gasteiger partial charge in [0.1, 0.15) is 5.75 Å². The van der Waals surface area contributed by atoms with E-state index in [2.05, 4.69) is 0 Å². The number of hydrogen-bond donors (Lipinski definition) is 1. The molecular weight excluding hydrogens is 268 g/mol. The average molecular weight is 284 g/mol. The van der Waals surface area contributed by atoms with Gasteiger partial charge < -0.3 is 15.4 Å². The normalized spacial score (nSPS) is 10.0. The van der Waals surface area contributed by atoms with Crippen LogP contribution in [-0.4, -0.2) is 26.5 Å². The molecule has 0 bridgehead atoms. The highest BCUT2D eigenvalue weighted by molar-refractivity contribution is 5.94. The van der Waals surface area contributed by atoms with E-state index in [-0.39, 0.29) is 0 Å². The number of carbonyl (C=O) groups is 2. The maximum atomic E-state index is 11.2. The lowest BCUT2D eigenvalue weighted by atomic mass is 9.99. The number of rotatable bonds is 4. The van der Waals surface area contributed by atoms with Gasteiger partial charge in [0, 0.05) is 30.8 Å². The van der Waals surface area contributed by atoms with Crippen molar-refractivity contribution < 1.29 is 14.3 Å². The fraction of sp³-hybridized carbons (Fsp3) is 0.125. The molecule has 0 aliphatic heterocycles. The monoisotopic (exact) mass is 284 g/mol. The number of aldehydes is 1. The number of nitrogens with zero attached hydrogens (tertiary/aromatic N) is 1. The fourth-order valence-corrected chi connectivity index (χ4v) is 2.26. The van der Waals surface area contributed by atoms with Crippen molar-refractivity contribution in [3.05, 3.63) is 48.0 Å². The van der Waals surface area contributed by atoms with Crippen LogP contribution in [0, 0.1) is 0 Å². The number of para-hydroxylation sites is 2. The van der Waals surface area contributed by atoms with Crippen molar-refractivity contribution in [3.63, 3.8) is 0 Å². The van der Waals surface area contributed by atoms with E-state index in [9.17, 15) is 9.59 Å². The topological polar surface area (TPSA) is 72.6 Å². The Labute approximate surface area is 122 Å². The largest absolute Gasteiger partial charge is 0.410 e. The number of benzene rings is 2. The number of primary amides is 1. The van der Waals surface area contributed by atoms with Crippen LogP contribution in [-0.2, 0) is 0 Å². The predicted octanol–water partition coefficient (Wildman–Crippen LogP) is 2.69. The van der Waals surface area contributed by atoms with Gasteiger partial charge in [-0.15, -0.1) is 0 Å². The van der Waals surface area contributed by atoms with Crippen LogP contribution in [0.2, 0.25) is 0 Å². The van der Waals surface area contributed by atoms with Gasteiger partial charge in [-0.3, -0.25) is 4.79 Å². The lowest BCUT2D eigenvalue weighted by Crippen LogP contribution is -2.17. The number of nitrogens with two attached hydrogens (primary N) is 1. The van der Waals surface area contributed by atoms with Gasteiger partial charge >= 0.3 is 6.09 Å². The maximum absolute atomic E-state index is 11.2. The van der Waals surface area contributed by atoms with Gasteiger partial charge in [0.05, 0.1) is 5.69 Å². The highest BCUT2D eigenvalue weighted by atomic mass is 16.5. The third-order valence-electron chi connectivity index (χ3n) is 3.03. The SMILES string of the molecule is CN(C)c1c(C=O)cccc1-c1ccccc1OC(N)=O. The Morgan fingerprint density at radius 3 is 2.38 bits per heavy atom. The van der Waals surface area contributed by atoms with Crippen LogP contribution in [0.5, 0.6) is 5.75 Å². The Balaban J connectivity index is 2.67. The number of hydrogen-bond acceptors (Lipinski definition) is 4. The summed E-state index contributed by atoms with van der Waals surface area (Å²) in [7, 11) is 3.70. The summed E-state index contributed by atoms with van der Waals surface area (Å²) < 4.78 is 5.04. The Kier molecular flexibility index (Phi) is 4.23. The molecule has 0 saturated heterocycles. The zero-order valence-electron chi connectivity index (χ0n) is 11.9. The van der Waals surface area contributed by atoms with Crippen LogP contribution in [0.25, 0.3) is 11.1 Å². The van der Waals surface area contributed by atoms with E-state index < -0.39 is 6.09 Å². The first-order valence-electron chi connectivity index (χ1n) is 6.36. The molecule has 2 aromatic rings. The maximum Gasteiger partial charge on any atom is 0.409 e. The van der Waals surface area contributed by atoms with Gasteiger partial charge in [-0.1, -0.05) is 30.3 Å². The van der Waals surface area contributed by atoms with Crippen LogP contribution in [0.4, 0.5) is 10.5 Å². The van der Waals surface area contributed by atoms with Crippen LogP contribution in [0.3, 0.4) is 0 Å². The molecule has 2 rings (SSSR count). The average Bonchev–Trinajstić information content (AvgIpc) is 2.46. The second-order valence-electron chi connectivity index (χ2n) is 4.67. The molecule has 0 aromatic heterocycles. The van der Waals surface area contributed by atoms with Gasteiger partial charge in [-0.25, -0.2) is 4.79 Å². The van der Waals surface area contributed by atoms with Crippen molar-refractivity contribution in [3.8, 4) is 16.9 Å². The first-order chi connectivity index (χ1) is 10.0. The van der Waals surface area contributed by atoms with E-state index in [1.165, 1.54) is 0 Å². The Bertz CT molecular complexity index is 681. The van der Waals surface area contributed by atoms with Gasteiger partial charge in [0.15, 0.2) is 6.29 Å². The number of amides is 1. The van der Waals surface area contributed by atoms with Crippen molar-refractivity contribution in [2.45, 2.75) is 0 Å². The first kappa shape index (κ1) is 14.6. The molecule has 0 saturated carbocycles. The number of carbonyl (C=O) groups excluding carboxylic acids is 2. The molecule has 0 unspecified atom stereocenters. The van der Waals surface area contributed by atoms with E-state index in [0.29, 0.717) is 16.9 Å². The summed E-state index contributed by atoms with van der Waals surface area (Å²) in [5, 5.41) is 0. The molecule has 1 amide bonds. The third-order valence-corrected chi connectivity index (χ3v) is 3.03. The summed E-state index contributed by atoms with van der Waals surface area (Å²) in [6, 6.07) is 12.4.